The Morgan fingerprint density at radius 3 is 2.55 bits per heavy atom. The number of fused-ring (bicyclic) bond motifs is 1. The molecule has 0 aliphatic carbocycles. The summed E-state index contributed by atoms with van der Waals surface area (Å²) < 4.78 is 17.0. The van der Waals surface area contributed by atoms with E-state index in [4.69, 9.17) is 13.9 Å². The summed E-state index contributed by atoms with van der Waals surface area (Å²) in [6, 6.07) is 18.0. The summed E-state index contributed by atoms with van der Waals surface area (Å²) in [4.78, 5) is 24.0. The van der Waals surface area contributed by atoms with Crippen molar-refractivity contribution in [2.24, 2.45) is 0 Å². The molecule has 5 nitrogen and oxygen atoms in total. The van der Waals surface area contributed by atoms with Crippen LogP contribution >= 0.6 is 11.3 Å². The summed E-state index contributed by atoms with van der Waals surface area (Å²) in [5, 5.41) is 0. The molecule has 0 aliphatic heterocycles. The summed E-state index contributed by atoms with van der Waals surface area (Å²) in [6.07, 6.45) is 0. The van der Waals surface area contributed by atoms with Crippen LogP contribution in [-0.2, 0) is 0 Å². The van der Waals surface area contributed by atoms with Gasteiger partial charge in [0.25, 0.3) is 0 Å². The van der Waals surface area contributed by atoms with Crippen molar-refractivity contribution in [1.82, 2.24) is 0 Å². The van der Waals surface area contributed by atoms with Crippen LogP contribution in [0.3, 0.4) is 0 Å². The first kappa shape index (κ1) is 19.0. The van der Waals surface area contributed by atoms with Gasteiger partial charge in [0.15, 0.2) is 5.58 Å². The standard InChI is InChI=1S/C23H18O5S/c1-3-26-17-9-7-15(8-10-17)22(24)27-18-12-19(16-6-4-5-14(2)11-16)21-20(13-18)29-23(25)28-21/h4-13H,3H2,1-2H3. The van der Waals surface area contributed by atoms with Crippen molar-refractivity contribution in [3.05, 3.63) is 81.5 Å². The van der Waals surface area contributed by atoms with Gasteiger partial charge in [0, 0.05) is 11.6 Å². The molecule has 4 rings (SSSR count). The average molecular weight is 406 g/mol. The highest BCUT2D eigenvalue weighted by molar-refractivity contribution is 7.16. The molecule has 0 amide bonds. The van der Waals surface area contributed by atoms with Crippen molar-refractivity contribution in [3.63, 3.8) is 0 Å². The van der Waals surface area contributed by atoms with Gasteiger partial charge in [-0.25, -0.2) is 9.59 Å². The first-order chi connectivity index (χ1) is 14.0. The summed E-state index contributed by atoms with van der Waals surface area (Å²) >= 11 is 0.980. The van der Waals surface area contributed by atoms with E-state index in [0.717, 1.165) is 22.5 Å². The van der Waals surface area contributed by atoms with Crippen molar-refractivity contribution < 1.29 is 18.7 Å². The maximum Gasteiger partial charge on any atom is 0.396 e. The van der Waals surface area contributed by atoms with E-state index in [9.17, 15) is 9.59 Å². The molecule has 1 aromatic heterocycles. The molecular formula is C23H18O5S. The Bertz CT molecular complexity index is 1230. The number of hydrogen-bond donors (Lipinski definition) is 0. The van der Waals surface area contributed by atoms with Crippen molar-refractivity contribution in [2.45, 2.75) is 13.8 Å². The highest BCUT2D eigenvalue weighted by Gasteiger charge is 2.16. The van der Waals surface area contributed by atoms with Crippen LogP contribution in [0.5, 0.6) is 11.5 Å². The van der Waals surface area contributed by atoms with Crippen molar-refractivity contribution in [1.29, 1.82) is 0 Å². The van der Waals surface area contributed by atoms with Gasteiger partial charge in [-0.15, -0.1) is 0 Å². The first-order valence-electron chi connectivity index (χ1n) is 9.13. The van der Waals surface area contributed by atoms with Crippen LogP contribution in [0.1, 0.15) is 22.8 Å². The molecule has 0 N–H and O–H groups in total. The monoisotopic (exact) mass is 406 g/mol. The Kier molecular flexibility index (Phi) is 5.18. The zero-order chi connectivity index (χ0) is 20.4. The predicted octanol–water partition coefficient (Wildman–Crippen LogP) is 5.45. The molecule has 0 saturated heterocycles. The van der Waals surface area contributed by atoms with Crippen molar-refractivity contribution in [2.75, 3.05) is 6.61 Å². The smallest absolute Gasteiger partial charge is 0.396 e. The van der Waals surface area contributed by atoms with Crippen LogP contribution in [-0.4, -0.2) is 12.6 Å². The van der Waals surface area contributed by atoms with Crippen molar-refractivity contribution >= 4 is 27.6 Å². The van der Waals surface area contributed by atoms with Gasteiger partial charge >= 0.3 is 10.9 Å². The SMILES string of the molecule is CCOc1ccc(C(=O)Oc2cc(-c3cccc(C)c3)c3oc(=O)sc3c2)cc1. The molecule has 4 aromatic rings. The largest absolute Gasteiger partial charge is 0.494 e. The van der Waals surface area contributed by atoms with Crippen LogP contribution in [0.2, 0.25) is 0 Å². The number of carbonyl (C=O) groups excluding carboxylic acids is 1. The third-order valence-electron chi connectivity index (χ3n) is 4.35. The molecule has 0 aliphatic rings. The van der Waals surface area contributed by atoms with E-state index in [-0.39, 0.29) is 0 Å². The Morgan fingerprint density at radius 1 is 1.03 bits per heavy atom. The Hall–Kier alpha value is -3.38. The van der Waals surface area contributed by atoms with Crippen LogP contribution in [0.15, 0.2) is 69.9 Å². The second-order valence-electron chi connectivity index (χ2n) is 6.47. The summed E-state index contributed by atoms with van der Waals surface area (Å²) in [5.74, 6) is 0.554. The maximum atomic E-state index is 12.6. The normalized spacial score (nSPS) is 10.8. The van der Waals surface area contributed by atoms with Gasteiger partial charge in [-0.1, -0.05) is 41.2 Å². The number of hydrogen-bond acceptors (Lipinski definition) is 6. The number of rotatable bonds is 5. The van der Waals surface area contributed by atoms with E-state index in [1.54, 1.807) is 36.4 Å². The summed E-state index contributed by atoms with van der Waals surface area (Å²) in [6.45, 7) is 4.44. The van der Waals surface area contributed by atoms with Gasteiger partial charge in [-0.2, -0.15) is 0 Å². The zero-order valence-electron chi connectivity index (χ0n) is 15.9. The van der Waals surface area contributed by atoms with Gasteiger partial charge < -0.3 is 13.9 Å². The predicted molar refractivity (Wildman–Crippen MR) is 113 cm³/mol. The number of benzene rings is 3. The Labute approximate surface area is 171 Å². The molecular weight excluding hydrogens is 388 g/mol. The van der Waals surface area contributed by atoms with E-state index in [0.29, 0.717) is 39.5 Å². The van der Waals surface area contributed by atoms with Gasteiger partial charge in [-0.3, -0.25) is 0 Å². The average Bonchev–Trinajstić information content (AvgIpc) is 3.08. The molecule has 29 heavy (non-hydrogen) atoms. The topological polar surface area (TPSA) is 65.7 Å². The number of carbonyl (C=O) groups is 1. The Balaban J connectivity index is 1.70. The van der Waals surface area contributed by atoms with Crippen LogP contribution in [0.25, 0.3) is 21.4 Å². The van der Waals surface area contributed by atoms with Crippen molar-refractivity contribution in [3.8, 4) is 22.6 Å². The number of aryl methyl sites for hydroxylation is 1. The van der Waals surface area contributed by atoms with E-state index < -0.39 is 10.9 Å². The van der Waals surface area contributed by atoms with Gasteiger partial charge in [0.05, 0.1) is 16.9 Å². The fourth-order valence-corrected chi connectivity index (χ4v) is 3.78. The lowest BCUT2D eigenvalue weighted by molar-refractivity contribution is 0.0735. The molecule has 0 saturated carbocycles. The second-order valence-corrected chi connectivity index (χ2v) is 7.45. The molecule has 0 atom stereocenters. The summed E-state index contributed by atoms with van der Waals surface area (Å²) in [7, 11) is 0. The molecule has 0 spiro atoms. The molecule has 1 heterocycles. The lowest BCUT2D eigenvalue weighted by atomic mass is 10.0. The molecule has 146 valence electrons. The molecule has 0 bridgehead atoms. The third-order valence-corrected chi connectivity index (χ3v) is 5.12. The summed E-state index contributed by atoms with van der Waals surface area (Å²) in [5.41, 5.74) is 3.57. The third kappa shape index (κ3) is 4.07. The molecule has 3 aromatic carbocycles. The van der Waals surface area contributed by atoms with Gasteiger partial charge in [-0.05, 0) is 49.7 Å². The molecule has 0 radical (unpaired) electrons. The van der Waals surface area contributed by atoms with E-state index >= 15 is 0 Å². The van der Waals surface area contributed by atoms with Gasteiger partial charge in [0.1, 0.15) is 11.5 Å². The van der Waals surface area contributed by atoms with Crippen LogP contribution in [0.4, 0.5) is 0 Å². The highest BCUT2D eigenvalue weighted by atomic mass is 32.1. The first-order valence-corrected chi connectivity index (χ1v) is 9.95. The lowest BCUT2D eigenvalue weighted by Crippen LogP contribution is -2.08. The number of esters is 1. The van der Waals surface area contributed by atoms with Crippen LogP contribution in [0, 0.1) is 6.92 Å². The minimum absolute atomic E-state index is 0.352. The molecule has 0 unspecified atom stereocenters. The van der Waals surface area contributed by atoms with E-state index in [2.05, 4.69) is 0 Å². The fourth-order valence-electron chi connectivity index (χ4n) is 3.06. The maximum absolute atomic E-state index is 12.6. The highest BCUT2D eigenvalue weighted by Crippen LogP contribution is 2.35. The minimum atomic E-state index is -0.488. The zero-order valence-corrected chi connectivity index (χ0v) is 16.7. The van der Waals surface area contributed by atoms with Crippen LogP contribution < -0.4 is 14.4 Å². The minimum Gasteiger partial charge on any atom is -0.494 e. The second kappa shape index (κ2) is 7.93. The molecule has 0 fully saturated rings. The quantitative estimate of drug-likeness (QED) is 0.326. The van der Waals surface area contributed by atoms with E-state index in [1.165, 1.54) is 0 Å². The number of ether oxygens (including phenoxy) is 2. The Morgan fingerprint density at radius 2 is 1.83 bits per heavy atom. The lowest BCUT2D eigenvalue weighted by Gasteiger charge is -2.09. The molecule has 6 heteroatoms. The fraction of sp³-hybridized carbons (Fsp3) is 0.130. The van der Waals surface area contributed by atoms with Gasteiger partial charge in [0.2, 0.25) is 0 Å². The van der Waals surface area contributed by atoms with E-state index in [1.807, 2.05) is 38.1 Å².